The number of nitrogens with zero attached hydrogens (tertiary/aromatic N) is 1. The van der Waals surface area contributed by atoms with Gasteiger partial charge in [0.2, 0.25) is 0 Å². The van der Waals surface area contributed by atoms with Crippen LogP contribution in [0.15, 0.2) is 18.3 Å². The maximum absolute atomic E-state index is 5.60. The van der Waals surface area contributed by atoms with E-state index in [1.807, 2.05) is 12.1 Å². The molecule has 0 unspecified atom stereocenters. The fourth-order valence-corrected chi connectivity index (χ4v) is 1.34. The van der Waals surface area contributed by atoms with Crippen molar-refractivity contribution in [3.8, 4) is 5.75 Å². The van der Waals surface area contributed by atoms with Gasteiger partial charge in [0.15, 0.2) is 0 Å². The van der Waals surface area contributed by atoms with Crippen LogP contribution >= 0.6 is 0 Å². The largest absolute Gasteiger partial charge is 0.493 e. The lowest BCUT2D eigenvalue weighted by atomic mass is 10.1. The minimum absolute atomic E-state index is 0.462. The molecule has 0 amide bonds. The van der Waals surface area contributed by atoms with Gasteiger partial charge in [-0.2, -0.15) is 0 Å². The van der Waals surface area contributed by atoms with Crippen molar-refractivity contribution in [1.29, 1.82) is 0 Å². The Balaban J connectivity index is 2.30. The number of hydrogen-bond donors (Lipinski definition) is 1. The quantitative estimate of drug-likeness (QED) is 0.730. The first-order chi connectivity index (χ1) is 7.22. The molecule has 1 rings (SSSR count). The highest BCUT2D eigenvalue weighted by Crippen LogP contribution is 2.12. The van der Waals surface area contributed by atoms with Crippen molar-refractivity contribution in [2.45, 2.75) is 33.2 Å². The summed E-state index contributed by atoms with van der Waals surface area (Å²) in [6, 6.07) is 3.77. The molecule has 84 valence electrons. The van der Waals surface area contributed by atoms with E-state index in [0.29, 0.717) is 6.54 Å². The van der Waals surface area contributed by atoms with Gasteiger partial charge in [-0.1, -0.05) is 13.8 Å². The highest BCUT2D eigenvalue weighted by molar-refractivity contribution is 5.22. The number of aromatic nitrogens is 1. The van der Waals surface area contributed by atoms with Crippen LogP contribution in [0.2, 0.25) is 0 Å². The van der Waals surface area contributed by atoms with E-state index in [1.54, 1.807) is 6.20 Å². The van der Waals surface area contributed by atoms with E-state index in [-0.39, 0.29) is 0 Å². The minimum Gasteiger partial charge on any atom is -0.493 e. The van der Waals surface area contributed by atoms with Crippen LogP contribution in [0.5, 0.6) is 5.75 Å². The zero-order chi connectivity index (χ0) is 11.1. The van der Waals surface area contributed by atoms with Gasteiger partial charge in [-0.25, -0.2) is 0 Å². The summed E-state index contributed by atoms with van der Waals surface area (Å²) in [5, 5.41) is 0. The summed E-state index contributed by atoms with van der Waals surface area (Å²) < 4.78 is 5.60. The summed E-state index contributed by atoms with van der Waals surface area (Å²) in [7, 11) is 0. The maximum Gasteiger partial charge on any atom is 0.122 e. The molecule has 0 aromatic carbocycles. The van der Waals surface area contributed by atoms with E-state index in [2.05, 4.69) is 18.8 Å². The van der Waals surface area contributed by atoms with Crippen molar-refractivity contribution in [1.82, 2.24) is 4.98 Å². The third-order valence-electron chi connectivity index (χ3n) is 2.19. The smallest absolute Gasteiger partial charge is 0.122 e. The molecule has 2 N–H and O–H groups in total. The normalized spacial score (nSPS) is 10.7. The Kier molecular flexibility index (Phi) is 5.12. The van der Waals surface area contributed by atoms with Crippen molar-refractivity contribution >= 4 is 0 Å². The van der Waals surface area contributed by atoms with Gasteiger partial charge < -0.3 is 10.5 Å². The Morgan fingerprint density at radius 1 is 1.47 bits per heavy atom. The van der Waals surface area contributed by atoms with E-state index in [1.165, 1.54) is 6.42 Å². The van der Waals surface area contributed by atoms with Crippen LogP contribution in [-0.2, 0) is 6.54 Å². The van der Waals surface area contributed by atoms with Gasteiger partial charge in [-0.05, 0) is 24.8 Å². The molecular weight excluding hydrogens is 188 g/mol. The monoisotopic (exact) mass is 208 g/mol. The minimum atomic E-state index is 0.462. The molecule has 0 saturated heterocycles. The Bertz CT molecular complexity index is 287. The lowest BCUT2D eigenvalue weighted by Crippen LogP contribution is -2.02. The topological polar surface area (TPSA) is 48.1 Å². The van der Waals surface area contributed by atoms with Gasteiger partial charge in [0.25, 0.3) is 0 Å². The van der Waals surface area contributed by atoms with Crippen LogP contribution < -0.4 is 10.5 Å². The molecule has 0 aliphatic carbocycles. The number of hydrogen-bond acceptors (Lipinski definition) is 3. The first kappa shape index (κ1) is 12.0. The summed E-state index contributed by atoms with van der Waals surface area (Å²) in [5.41, 5.74) is 6.37. The molecule has 15 heavy (non-hydrogen) atoms. The van der Waals surface area contributed by atoms with E-state index in [9.17, 15) is 0 Å². The van der Waals surface area contributed by atoms with Crippen LogP contribution in [0.25, 0.3) is 0 Å². The first-order valence-corrected chi connectivity index (χ1v) is 5.50. The average molecular weight is 208 g/mol. The van der Waals surface area contributed by atoms with Gasteiger partial charge in [-0.3, -0.25) is 4.98 Å². The summed E-state index contributed by atoms with van der Waals surface area (Å²) in [5.74, 6) is 1.61. The van der Waals surface area contributed by atoms with E-state index in [0.717, 1.165) is 30.4 Å². The number of ether oxygens (including phenoxy) is 1. The van der Waals surface area contributed by atoms with Crippen LogP contribution in [0.1, 0.15) is 32.4 Å². The van der Waals surface area contributed by atoms with Crippen molar-refractivity contribution < 1.29 is 4.74 Å². The summed E-state index contributed by atoms with van der Waals surface area (Å²) in [4.78, 5) is 4.11. The Morgan fingerprint density at radius 2 is 2.27 bits per heavy atom. The van der Waals surface area contributed by atoms with Crippen LogP contribution in [0.3, 0.4) is 0 Å². The first-order valence-electron chi connectivity index (χ1n) is 5.50. The molecule has 0 bridgehead atoms. The second-order valence-electron chi connectivity index (χ2n) is 4.07. The highest BCUT2D eigenvalue weighted by atomic mass is 16.5. The molecule has 0 fully saturated rings. The fraction of sp³-hybridized carbons (Fsp3) is 0.583. The highest BCUT2D eigenvalue weighted by Gasteiger charge is 1.98. The Morgan fingerprint density at radius 3 is 2.93 bits per heavy atom. The second kappa shape index (κ2) is 6.40. The van der Waals surface area contributed by atoms with Gasteiger partial charge in [0.1, 0.15) is 5.75 Å². The van der Waals surface area contributed by atoms with E-state index < -0.39 is 0 Å². The molecule has 0 spiro atoms. The standard InChI is InChI=1S/C12H20N2O/c1-10(2)4-3-7-15-12-5-6-14-11(8-12)9-13/h5-6,8,10H,3-4,7,9,13H2,1-2H3. The lowest BCUT2D eigenvalue weighted by Gasteiger charge is -2.08. The van der Waals surface area contributed by atoms with Crippen molar-refractivity contribution in [3.05, 3.63) is 24.0 Å². The summed E-state index contributed by atoms with van der Waals surface area (Å²) >= 11 is 0. The van der Waals surface area contributed by atoms with Gasteiger partial charge in [0.05, 0.1) is 12.3 Å². The predicted octanol–water partition coefficient (Wildman–Crippen LogP) is 2.36. The number of pyridine rings is 1. The van der Waals surface area contributed by atoms with Crippen molar-refractivity contribution in [2.75, 3.05) is 6.61 Å². The Labute approximate surface area is 91.7 Å². The third-order valence-corrected chi connectivity index (χ3v) is 2.19. The summed E-state index contributed by atoms with van der Waals surface area (Å²) in [6.07, 6.45) is 4.03. The molecule has 0 radical (unpaired) electrons. The van der Waals surface area contributed by atoms with Crippen LogP contribution in [0.4, 0.5) is 0 Å². The molecule has 1 aromatic heterocycles. The molecule has 3 heteroatoms. The average Bonchev–Trinajstić information content (AvgIpc) is 2.24. The molecule has 1 heterocycles. The Hall–Kier alpha value is -1.09. The van der Waals surface area contributed by atoms with Crippen LogP contribution in [-0.4, -0.2) is 11.6 Å². The third kappa shape index (κ3) is 4.79. The van der Waals surface area contributed by atoms with E-state index in [4.69, 9.17) is 10.5 Å². The molecule has 3 nitrogen and oxygen atoms in total. The van der Waals surface area contributed by atoms with Gasteiger partial charge in [0, 0.05) is 18.8 Å². The molecule has 0 aliphatic heterocycles. The molecule has 0 atom stereocenters. The predicted molar refractivity (Wildman–Crippen MR) is 61.7 cm³/mol. The maximum atomic E-state index is 5.60. The summed E-state index contributed by atoms with van der Waals surface area (Å²) in [6.45, 7) is 5.67. The van der Waals surface area contributed by atoms with Crippen LogP contribution in [0, 0.1) is 5.92 Å². The zero-order valence-corrected chi connectivity index (χ0v) is 9.57. The number of nitrogens with two attached hydrogens (primary N) is 1. The second-order valence-corrected chi connectivity index (χ2v) is 4.07. The van der Waals surface area contributed by atoms with E-state index >= 15 is 0 Å². The zero-order valence-electron chi connectivity index (χ0n) is 9.57. The van der Waals surface area contributed by atoms with Gasteiger partial charge in [-0.15, -0.1) is 0 Å². The SMILES string of the molecule is CC(C)CCCOc1ccnc(CN)c1. The number of rotatable bonds is 6. The molecule has 0 saturated carbocycles. The molecule has 0 aliphatic rings. The van der Waals surface area contributed by atoms with Crippen molar-refractivity contribution in [3.63, 3.8) is 0 Å². The molecular formula is C12H20N2O. The van der Waals surface area contributed by atoms with Crippen molar-refractivity contribution in [2.24, 2.45) is 11.7 Å². The van der Waals surface area contributed by atoms with Gasteiger partial charge >= 0.3 is 0 Å². The fourth-order valence-electron chi connectivity index (χ4n) is 1.34. The molecule has 1 aromatic rings. The lowest BCUT2D eigenvalue weighted by molar-refractivity contribution is 0.297.